The molecule has 0 aromatic heterocycles. The topological polar surface area (TPSA) is 57.7 Å². The van der Waals surface area contributed by atoms with Gasteiger partial charge in [0, 0.05) is 0 Å². The summed E-state index contributed by atoms with van der Waals surface area (Å²) in [6.45, 7) is 2.23. The van der Waals surface area contributed by atoms with Crippen LogP contribution in [0.25, 0.3) is 0 Å². The van der Waals surface area contributed by atoms with Crippen LogP contribution in [0.5, 0.6) is 0 Å². The molecule has 4 rings (SSSR count). The van der Waals surface area contributed by atoms with Gasteiger partial charge in [-0.15, -0.1) is 0 Å². The fourth-order valence-corrected chi connectivity index (χ4v) is 5.10. The molecule has 3 aromatic carbocycles. The van der Waals surface area contributed by atoms with E-state index in [-0.39, 0.29) is 11.4 Å². The quantitative estimate of drug-likeness (QED) is 0.653. The Balaban J connectivity index is 1.90. The molecule has 5 nitrogen and oxygen atoms in total. The number of para-hydroxylation sites is 2. The Morgan fingerprint density at radius 3 is 2.11 bits per heavy atom. The molecule has 0 N–H and O–H groups in total. The summed E-state index contributed by atoms with van der Waals surface area (Å²) in [6, 6.07) is 22.8. The number of carbonyl (C=O) groups is 1. The Morgan fingerprint density at radius 2 is 1.39 bits per heavy atom. The van der Waals surface area contributed by atoms with E-state index in [0.717, 1.165) is 15.4 Å². The van der Waals surface area contributed by atoms with Gasteiger partial charge in [-0.2, -0.15) is 4.31 Å². The summed E-state index contributed by atoms with van der Waals surface area (Å²) in [6.07, 6.45) is 0.621. The summed E-state index contributed by atoms with van der Waals surface area (Å²) in [5.74, 6) is 0. The lowest BCUT2D eigenvalue weighted by Gasteiger charge is -2.37. The number of anilines is 2. The zero-order valence-electron chi connectivity index (χ0n) is 15.4. The van der Waals surface area contributed by atoms with Crippen LogP contribution in [-0.2, 0) is 23.0 Å². The van der Waals surface area contributed by atoms with Crippen molar-refractivity contribution in [1.29, 1.82) is 0 Å². The lowest BCUT2D eigenvalue weighted by atomic mass is 10.1. The number of sulfonamides is 1. The SMILES string of the molecule is CCc1ccccc1N1C(=O)N(Cc2ccccc2)c2ccccc2S1(=O)=O. The number of hydrogen-bond acceptors (Lipinski definition) is 3. The molecule has 3 aromatic rings. The largest absolute Gasteiger partial charge is 0.343 e. The molecule has 0 bridgehead atoms. The molecule has 0 spiro atoms. The van der Waals surface area contributed by atoms with Crippen LogP contribution in [0, 0.1) is 0 Å². The van der Waals surface area contributed by atoms with Gasteiger partial charge in [0.05, 0.1) is 17.9 Å². The third-order valence-corrected chi connectivity index (χ3v) is 6.59. The summed E-state index contributed by atoms with van der Waals surface area (Å²) in [7, 11) is -4.00. The van der Waals surface area contributed by atoms with Crippen molar-refractivity contribution in [2.24, 2.45) is 0 Å². The monoisotopic (exact) mass is 392 g/mol. The fraction of sp³-hybridized carbons (Fsp3) is 0.136. The average Bonchev–Trinajstić information content (AvgIpc) is 2.72. The van der Waals surface area contributed by atoms with Crippen LogP contribution >= 0.6 is 0 Å². The minimum absolute atomic E-state index is 0.136. The lowest BCUT2D eigenvalue weighted by Crippen LogP contribution is -2.51. The third-order valence-electron chi connectivity index (χ3n) is 4.85. The number of urea groups is 1. The Labute approximate surface area is 164 Å². The average molecular weight is 392 g/mol. The number of amides is 2. The smallest absolute Gasteiger partial charge is 0.287 e. The first-order chi connectivity index (χ1) is 13.5. The molecule has 1 heterocycles. The standard InChI is InChI=1S/C22H20N2O3S/c1-2-18-12-6-7-13-19(18)24-22(25)23(16-17-10-4-3-5-11-17)20-14-8-9-15-21(20)28(24,26)27/h3-15H,2,16H2,1H3. The maximum absolute atomic E-state index is 13.4. The first-order valence-corrected chi connectivity index (χ1v) is 10.6. The summed E-state index contributed by atoms with van der Waals surface area (Å²) in [4.78, 5) is 15.1. The van der Waals surface area contributed by atoms with E-state index in [2.05, 4.69) is 0 Å². The van der Waals surface area contributed by atoms with Crippen molar-refractivity contribution >= 4 is 27.4 Å². The minimum Gasteiger partial charge on any atom is -0.287 e. The van der Waals surface area contributed by atoms with Crippen LogP contribution in [0.3, 0.4) is 0 Å². The van der Waals surface area contributed by atoms with E-state index < -0.39 is 16.1 Å². The van der Waals surface area contributed by atoms with Gasteiger partial charge < -0.3 is 0 Å². The number of aryl methyl sites for hydroxylation is 1. The van der Waals surface area contributed by atoms with Crippen LogP contribution in [-0.4, -0.2) is 14.4 Å². The second-order valence-corrected chi connectivity index (χ2v) is 8.33. The first kappa shape index (κ1) is 18.3. The number of nitrogens with zero attached hydrogens (tertiary/aromatic N) is 2. The Hall–Kier alpha value is -3.12. The van der Waals surface area contributed by atoms with Crippen LogP contribution in [0.4, 0.5) is 16.2 Å². The number of rotatable bonds is 4. The normalized spacial score (nSPS) is 15.4. The zero-order valence-corrected chi connectivity index (χ0v) is 16.3. The van der Waals surface area contributed by atoms with Crippen molar-refractivity contribution in [2.45, 2.75) is 24.8 Å². The molecular formula is C22H20N2O3S. The highest BCUT2D eigenvalue weighted by molar-refractivity contribution is 7.94. The van der Waals surface area contributed by atoms with E-state index in [1.165, 1.54) is 4.90 Å². The first-order valence-electron chi connectivity index (χ1n) is 9.11. The maximum atomic E-state index is 13.4. The van der Waals surface area contributed by atoms with Crippen molar-refractivity contribution in [3.05, 3.63) is 90.0 Å². The number of carbonyl (C=O) groups excluding carboxylic acids is 1. The predicted octanol–water partition coefficient (Wildman–Crippen LogP) is 4.58. The van der Waals surface area contributed by atoms with Gasteiger partial charge in [0.25, 0.3) is 10.0 Å². The molecule has 28 heavy (non-hydrogen) atoms. The van der Waals surface area contributed by atoms with Crippen LogP contribution < -0.4 is 9.21 Å². The van der Waals surface area contributed by atoms with E-state index in [1.54, 1.807) is 36.4 Å². The Kier molecular flexibility index (Phi) is 4.65. The summed E-state index contributed by atoms with van der Waals surface area (Å²) in [5.41, 5.74) is 2.54. The molecule has 1 aliphatic heterocycles. The van der Waals surface area contributed by atoms with Crippen molar-refractivity contribution in [3.8, 4) is 0 Å². The van der Waals surface area contributed by atoms with E-state index in [4.69, 9.17) is 0 Å². The highest BCUT2D eigenvalue weighted by atomic mass is 32.2. The molecule has 0 fully saturated rings. The maximum Gasteiger partial charge on any atom is 0.343 e. The van der Waals surface area contributed by atoms with Gasteiger partial charge in [0.15, 0.2) is 0 Å². The van der Waals surface area contributed by atoms with Gasteiger partial charge in [-0.25, -0.2) is 13.2 Å². The van der Waals surface area contributed by atoms with Gasteiger partial charge >= 0.3 is 6.03 Å². The van der Waals surface area contributed by atoms with Crippen molar-refractivity contribution in [1.82, 2.24) is 0 Å². The lowest BCUT2D eigenvalue weighted by molar-refractivity contribution is 0.253. The van der Waals surface area contributed by atoms with Crippen molar-refractivity contribution < 1.29 is 13.2 Å². The van der Waals surface area contributed by atoms with E-state index in [0.29, 0.717) is 17.8 Å². The van der Waals surface area contributed by atoms with Gasteiger partial charge in [0.1, 0.15) is 4.90 Å². The van der Waals surface area contributed by atoms with Crippen molar-refractivity contribution in [3.63, 3.8) is 0 Å². The van der Waals surface area contributed by atoms with E-state index in [1.807, 2.05) is 49.4 Å². The number of hydrogen-bond donors (Lipinski definition) is 0. The van der Waals surface area contributed by atoms with Gasteiger partial charge in [-0.05, 0) is 35.7 Å². The number of fused-ring (bicyclic) bond motifs is 1. The fourth-order valence-electron chi connectivity index (χ4n) is 3.47. The van der Waals surface area contributed by atoms with Gasteiger partial charge in [0.2, 0.25) is 0 Å². The second-order valence-electron chi connectivity index (χ2n) is 6.57. The summed E-state index contributed by atoms with van der Waals surface area (Å²) >= 11 is 0. The highest BCUT2D eigenvalue weighted by Crippen LogP contribution is 2.39. The Bertz CT molecular complexity index is 1130. The van der Waals surface area contributed by atoms with E-state index >= 15 is 0 Å². The second kappa shape index (κ2) is 7.13. The van der Waals surface area contributed by atoms with Gasteiger partial charge in [-0.3, -0.25) is 4.90 Å². The Morgan fingerprint density at radius 1 is 0.786 bits per heavy atom. The molecular weight excluding hydrogens is 372 g/mol. The number of benzene rings is 3. The molecule has 6 heteroatoms. The zero-order chi connectivity index (χ0) is 19.7. The molecule has 0 saturated heterocycles. The van der Waals surface area contributed by atoms with Crippen molar-refractivity contribution in [2.75, 3.05) is 9.21 Å². The molecule has 142 valence electrons. The third kappa shape index (κ3) is 2.96. The summed E-state index contributed by atoms with van der Waals surface area (Å²) in [5, 5.41) is 0. The predicted molar refractivity (Wildman–Crippen MR) is 110 cm³/mol. The molecule has 2 amide bonds. The van der Waals surface area contributed by atoms with Crippen LogP contribution in [0.2, 0.25) is 0 Å². The van der Waals surface area contributed by atoms with Gasteiger partial charge in [-0.1, -0.05) is 67.6 Å². The van der Waals surface area contributed by atoms with E-state index in [9.17, 15) is 13.2 Å². The molecule has 0 atom stereocenters. The molecule has 0 saturated carbocycles. The molecule has 0 radical (unpaired) electrons. The summed E-state index contributed by atoms with van der Waals surface area (Å²) < 4.78 is 27.7. The van der Waals surface area contributed by atoms with Crippen LogP contribution in [0.1, 0.15) is 18.1 Å². The molecule has 0 unspecified atom stereocenters. The highest BCUT2D eigenvalue weighted by Gasteiger charge is 2.42. The minimum atomic E-state index is -4.00. The molecule has 0 aliphatic carbocycles. The molecule has 1 aliphatic rings. The van der Waals surface area contributed by atoms with Crippen LogP contribution in [0.15, 0.2) is 83.8 Å².